The van der Waals surface area contributed by atoms with Crippen LogP contribution in [0.25, 0.3) is 6.08 Å². The van der Waals surface area contributed by atoms with Crippen LogP contribution in [0.1, 0.15) is 25.3 Å². The number of unbranched alkanes of at least 4 members (excludes halogenated alkanes) is 1. The van der Waals surface area contributed by atoms with E-state index in [0.717, 1.165) is 30.8 Å². The predicted octanol–water partition coefficient (Wildman–Crippen LogP) is 2.74. The molecular formula is C17H23NO3. The summed E-state index contributed by atoms with van der Waals surface area (Å²) < 4.78 is 10.8. The Morgan fingerprint density at radius 3 is 2.67 bits per heavy atom. The highest BCUT2D eigenvalue weighted by Crippen LogP contribution is 2.14. The predicted molar refractivity (Wildman–Crippen MR) is 83.3 cm³/mol. The molecule has 0 N–H and O–H groups in total. The maximum atomic E-state index is 12.0. The van der Waals surface area contributed by atoms with E-state index < -0.39 is 0 Å². The molecule has 2 rings (SSSR count). The van der Waals surface area contributed by atoms with Gasteiger partial charge in [-0.1, -0.05) is 25.5 Å². The molecule has 0 aliphatic carbocycles. The summed E-state index contributed by atoms with van der Waals surface area (Å²) in [5.41, 5.74) is 0.999. The van der Waals surface area contributed by atoms with Crippen LogP contribution in [-0.4, -0.2) is 43.7 Å². The van der Waals surface area contributed by atoms with E-state index in [2.05, 4.69) is 6.92 Å². The number of morpholine rings is 1. The quantitative estimate of drug-likeness (QED) is 0.597. The van der Waals surface area contributed by atoms with Gasteiger partial charge in [-0.2, -0.15) is 0 Å². The van der Waals surface area contributed by atoms with E-state index in [1.165, 1.54) is 0 Å². The van der Waals surface area contributed by atoms with Crippen molar-refractivity contribution in [3.63, 3.8) is 0 Å². The lowest BCUT2D eigenvalue weighted by Crippen LogP contribution is -2.39. The standard InChI is InChI=1S/C17H23NO3/c1-2-3-12-21-16-7-4-15(5-8-16)6-9-17(19)18-10-13-20-14-11-18/h4-9H,2-3,10-14H2,1H3/b9-6+. The first-order valence-corrected chi connectivity index (χ1v) is 7.57. The van der Waals surface area contributed by atoms with Crippen LogP contribution < -0.4 is 4.74 Å². The van der Waals surface area contributed by atoms with E-state index in [4.69, 9.17) is 9.47 Å². The second-order valence-corrected chi connectivity index (χ2v) is 5.04. The summed E-state index contributed by atoms with van der Waals surface area (Å²) in [6.45, 7) is 5.50. The van der Waals surface area contributed by atoms with Crippen molar-refractivity contribution in [3.8, 4) is 5.75 Å². The topological polar surface area (TPSA) is 38.8 Å². The van der Waals surface area contributed by atoms with Crippen molar-refractivity contribution < 1.29 is 14.3 Å². The molecule has 1 saturated heterocycles. The Balaban J connectivity index is 1.84. The normalized spacial score (nSPS) is 15.4. The summed E-state index contributed by atoms with van der Waals surface area (Å²) in [5, 5.41) is 0. The van der Waals surface area contributed by atoms with Crippen molar-refractivity contribution >= 4 is 12.0 Å². The molecule has 1 aromatic carbocycles. The molecule has 4 heteroatoms. The Labute approximate surface area is 126 Å². The lowest BCUT2D eigenvalue weighted by Gasteiger charge is -2.25. The Bertz CT molecular complexity index is 461. The number of amides is 1. The summed E-state index contributed by atoms with van der Waals surface area (Å²) >= 11 is 0. The summed E-state index contributed by atoms with van der Waals surface area (Å²) in [7, 11) is 0. The van der Waals surface area contributed by atoms with E-state index in [-0.39, 0.29) is 5.91 Å². The van der Waals surface area contributed by atoms with Crippen LogP contribution in [0.3, 0.4) is 0 Å². The van der Waals surface area contributed by atoms with Crippen LogP contribution in [0, 0.1) is 0 Å². The zero-order valence-corrected chi connectivity index (χ0v) is 12.6. The van der Waals surface area contributed by atoms with Gasteiger partial charge in [0, 0.05) is 19.2 Å². The molecule has 1 aliphatic heterocycles. The van der Waals surface area contributed by atoms with Crippen molar-refractivity contribution in [2.24, 2.45) is 0 Å². The molecular weight excluding hydrogens is 266 g/mol. The Morgan fingerprint density at radius 2 is 2.00 bits per heavy atom. The third-order valence-corrected chi connectivity index (χ3v) is 3.39. The average molecular weight is 289 g/mol. The van der Waals surface area contributed by atoms with Crippen LogP contribution in [0.2, 0.25) is 0 Å². The molecule has 0 atom stereocenters. The van der Waals surface area contributed by atoms with Gasteiger partial charge in [0.05, 0.1) is 19.8 Å². The number of nitrogens with zero attached hydrogens (tertiary/aromatic N) is 1. The molecule has 0 unspecified atom stereocenters. The highest BCUT2D eigenvalue weighted by atomic mass is 16.5. The van der Waals surface area contributed by atoms with Gasteiger partial charge in [-0.05, 0) is 30.2 Å². The van der Waals surface area contributed by atoms with E-state index >= 15 is 0 Å². The van der Waals surface area contributed by atoms with Gasteiger partial charge in [0.15, 0.2) is 0 Å². The minimum atomic E-state index is 0.0431. The summed E-state index contributed by atoms with van der Waals surface area (Å²) in [6.07, 6.45) is 5.66. The fourth-order valence-electron chi connectivity index (χ4n) is 2.07. The van der Waals surface area contributed by atoms with Gasteiger partial charge in [-0.15, -0.1) is 0 Å². The van der Waals surface area contributed by atoms with E-state index in [1.54, 1.807) is 6.08 Å². The molecule has 0 radical (unpaired) electrons. The van der Waals surface area contributed by atoms with Crippen molar-refractivity contribution in [1.82, 2.24) is 4.90 Å². The van der Waals surface area contributed by atoms with E-state index in [0.29, 0.717) is 26.3 Å². The molecule has 4 nitrogen and oxygen atoms in total. The van der Waals surface area contributed by atoms with Gasteiger partial charge in [0.1, 0.15) is 5.75 Å². The number of ether oxygens (including phenoxy) is 2. The van der Waals surface area contributed by atoms with Crippen LogP contribution in [0.15, 0.2) is 30.3 Å². The van der Waals surface area contributed by atoms with Crippen molar-refractivity contribution in [1.29, 1.82) is 0 Å². The molecule has 0 saturated carbocycles. The van der Waals surface area contributed by atoms with Crippen LogP contribution in [0.5, 0.6) is 5.75 Å². The smallest absolute Gasteiger partial charge is 0.246 e. The van der Waals surface area contributed by atoms with Gasteiger partial charge in [0.2, 0.25) is 5.91 Å². The molecule has 0 aromatic heterocycles. The lowest BCUT2D eigenvalue weighted by atomic mass is 10.2. The number of benzene rings is 1. The van der Waals surface area contributed by atoms with E-state index in [1.807, 2.05) is 35.2 Å². The van der Waals surface area contributed by atoms with Crippen LogP contribution >= 0.6 is 0 Å². The summed E-state index contributed by atoms with van der Waals surface area (Å²) in [4.78, 5) is 13.8. The van der Waals surface area contributed by atoms with Gasteiger partial charge in [-0.3, -0.25) is 4.79 Å². The number of rotatable bonds is 6. The second kappa shape index (κ2) is 8.47. The molecule has 1 aromatic rings. The first kappa shape index (κ1) is 15.6. The number of hydrogen-bond donors (Lipinski definition) is 0. The third kappa shape index (κ3) is 5.23. The summed E-state index contributed by atoms with van der Waals surface area (Å²) in [5.74, 6) is 0.918. The number of hydrogen-bond acceptors (Lipinski definition) is 3. The van der Waals surface area contributed by atoms with E-state index in [9.17, 15) is 4.79 Å². The van der Waals surface area contributed by atoms with Crippen LogP contribution in [0.4, 0.5) is 0 Å². The SMILES string of the molecule is CCCCOc1ccc(/C=C/C(=O)N2CCOCC2)cc1. The highest BCUT2D eigenvalue weighted by molar-refractivity contribution is 5.91. The average Bonchev–Trinajstić information content (AvgIpc) is 2.55. The van der Waals surface area contributed by atoms with Crippen molar-refractivity contribution in [3.05, 3.63) is 35.9 Å². The largest absolute Gasteiger partial charge is 0.494 e. The Morgan fingerprint density at radius 1 is 1.29 bits per heavy atom. The molecule has 0 spiro atoms. The monoisotopic (exact) mass is 289 g/mol. The minimum absolute atomic E-state index is 0.0431. The zero-order valence-electron chi connectivity index (χ0n) is 12.6. The first-order chi connectivity index (χ1) is 10.3. The minimum Gasteiger partial charge on any atom is -0.494 e. The molecule has 21 heavy (non-hydrogen) atoms. The fraction of sp³-hybridized carbons (Fsp3) is 0.471. The zero-order chi connectivity index (χ0) is 14.9. The molecule has 1 heterocycles. The Kier molecular flexibility index (Phi) is 6.28. The first-order valence-electron chi connectivity index (χ1n) is 7.57. The van der Waals surface area contributed by atoms with Gasteiger partial charge >= 0.3 is 0 Å². The molecule has 114 valence electrons. The number of carbonyl (C=O) groups is 1. The second-order valence-electron chi connectivity index (χ2n) is 5.04. The fourth-order valence-corrected chi connectivity index (χ4v) is 2.07. The highest BCUT2D eigenvalue weighted by Gasteiger charge is 2.13. The molecule has 1 amide bonds. The van der Waals surface area contributed by atoms with Crippen molar-refractivity contribution in [2.45, 2.75) is 19.8 Å². The van der Waals surface area contributed by atoms with Gasteiger partial charge in [0.25, 0.3) is 0 Å². The maximum absolute atomic E-state index is 12.0. The lowest BCUT2D eigenvalue weighted by molar-refractivity contribution is -0.129. The Hall–Kier alpha value is -1.81. The number of carbonyl (C=O) groups excluding carboxylic acids is 1. The third-order valence-electron chi connectivity index (χ3n) is 3.39. The van der Waals surface area contributed by atoms with Gasteiger partial charge < -0.3 is 14.4 Å². The maximum Gasteiger partial charge on any atom is 0.246 e. The summed E-state index contributed by atoms with van der Waals surface area (Å²) in [6, 6.07) is 7.80. The van der Waals surface area contributed by atoms with Crippen LogP contribution in [-0.2, 0) is 9.53 Å². The molecule has 0 bridgehead atoms. The van der Waals surface area contributed by atoms with Gasteiger partial charge in [-0.25, -0.2) is 0 Å². The molecule has 1 aliphatic rings. The molecule has 1 fully saturated rings. The van der Waals surface area contributed by atoms with Crippen molar-refractivity contribution in [2.75, 3.05) is 32.9 Å².